The molecule has 2 aromatic rings. The summed E-state index contributed by atoms with van der Waals surface area (Å²) in [5.41, 5.74) is 0. The minimum atomic E-state index is -2.64. The molecule has 0 radical (unpaired) electrons. The fourth-order valence-corrected chi connectivity index (χ4v) is 9.13. The van der Waals surface area contributed by atoms with Gasteiger partial charge in [0.25, 0.3) is 8.32 Å². The molecule has 4 atom stereocenters. The van der Waals surface area contributed by atoms with Crippen LogP contribution in [0.15, 0.2) is 60.7 Å². The molecule has 2 aliphatic heterocycles. The molecule has 5 heteroatoms. The van der Waals surface area contributed by atoms with Crippen LogP contribution in [0.4, 0.5) is 0 Å². The number of hydrogen-bond donors (Lipinski definition) is 1. The summed E-state index contributed by atoms with van der Waals surface area (Å²) in [6.07, 6.45) is -1.24. The molecule has 1 N–H and O–H groups in total. The van der Waals surface area contributed by atoms with E-state index in [4.69, 9.17) is 13.9 Å². The molecule has 0 spiro atoms. The highest BCUT2D eigenvalue weighted by Crippen LogP contribution is 2.40. The minimum absolute atomic E-state index is 0.0922. The SMILES string of the molecule is CC(C)(C)[Si](O[C@H]1CO[C@H]2[C@@H]1OC[C@H]2O)(c1ccccc1)c1ccccc1. The molecule has 0 aliphatic carbocycles. The third-order valence-corrected chi connectivity index (χ3v) is 10.8. The number of aliphatic hydroxyl groups excluding tert-OH is 1. The number of rotatable bonds is 4. The summed E-state index contributed by atoms with van der Waals surface area (Å²) in [7, 11) is -2.64. The summed E-state index contributed by atoms with van der Waals surface area (Å²) in [6, 6.07) is 21.1. The Morgan fingerprint density at radius 3 is 1.89 bits per heavy atom. The van der Waals surface area contributed by atoms with E-state index in [0.717, 1.165) is 0 Å². The second kappa shape index (κ2) is 7.15. The third-order valence-electron chi connectivity index (χ3n) is 5.73. The molecule has 2 heterocycles. The summed E-state index contributed by atoms with van der Waals surface area (Å²) >= 11 is 0. The van der Waals surface area contributed by atoms with Crippen molar-refractivity contribution in [1.82, 2.24) is 0 Å². The average molecular weight is 385 g/mol. The van der Waals surface area contributed by atoms with Gasteiger partial charge >= 0.3 is 0 Å². The fraction of sp³-hybridized carbons (Fsp3) is 0.455. The summed E-state index contributed by atoms with van der Waals surface area (Å²) < 4.78 is 18.8. The van der Waals surface area contributed by atoms with Gasteiger partial charge in [-0.3, -0.25) is 0 Å². The minimum Gasteiger partial charge on any atom is -0.399 e. The van der Waals surface area contributed by atoms with E-state index in [0.29, 0.717) is 13.2 Å². The molecule has 2 fully saturated rings. The van der Waals surface area contributed by atoms with Crippen molar-refractivity contribution in [3.8, 4) is 0 Å². The van der Waals surface area contributed by atoms with Gasteiger partial charge in [0, 0.05) is 0 Å². The van der Waals surface area contributed by atoms with Gasteiger partial charge in [-0.15, -0.1) is 0 Å². The summed E-state index contributed by atoms with van der Waals surface area (Å²) in [6.45, 7) is 7.55. The maximum Gasteiger partial charge on any atom is 0.261 e. The van der Waals surface area contributed by atoms with Crippen LogP contribution in [0.3, 0.4) is 0 Å². The first-order chi connectivity index (χ1) is 12.9. The predicted molar refractivity (Wildman–Crippen MR) is 108 cm³/mol. The molecule has 0 saturated carbocycles. The quantitative estimate of drug-likeness (QED) is 0.820. The van der Waals surface area contributed by atoms with Crippen LogP contribution in [0, 0.1) is 0 Å². The van der Waals surface area contributed by atoms with E-state index in [1.807, 2.05) is 12.1 Å². The molecular formula is C22H28O4Si. The van der Waals surface area contributed by atoms with Crippen LogP contribution >= 0.6 is 0 Å². The smallest absolute Gasteiger partial charge is 0.261 e. The highest BCUT2D eigenvalue weighted by atomic mass is 28.4. The lowest BCUT2D eigenvalue weighted by Gasteiger charge is -2.45. The van der Waals surface area contributed by atoms with Crippen molar-refractivity contribution in [1.29, 1.82) is 0 Å². The second-order valence-corrected chi connectivity index (χ2v) is 12.7. The van der Waals surface area contributed by atoms with Crippen molar-refractivity contribution in [3.05, 3.63) is 60.7 Å². The number of benzene rings is 2. The molecule has 0 amide bonds. The van der Waals surface area contributed by atoms with E-state index in [2.05, 4.69) is 69.3 Å². The van der Waals surface area contributed by atoms with E-state index in [-0.39, 0.29) is 23.4 Å². The van der Waals surface area contributed by atoms with Gasteiger partial charge in [-0.2, -0.15) is 0 Å². The summed E-state index contributed by atoms with van der Waals surface area (Å²) in [4.78, 5) is 0. The molecule has 2 aliphatic rings. The van der Waals surface area contributed by atoms with Gasteiger partial charge in [0.15, 0.2) is 0 Å². The first kappa shape index (κ1) is 18.8. The molecule has 0 unspecified atom stereocenters. The maximum absolute atomic E-state index is 10.1. The average Bonchev–Trinajstić information content (AvgIpc) is 3.23. The van der Waals surface area contributed by atoms with E-state index < -0.39 is 14.4 Å². The Morgan fingerprint density at radius 2 is 1.37 bits per heavy atom. The van der Waals surface area contributed by atoms with E-state index in [1.54, 1.807) is 0 Å². The fourth-order valence-electron chi connectivity index (χ4n) is 4.46. The van der Waals surface area contributed by atoms with Crippen molar-refractivity contribution in [2.75, 3.05) is 13.2 Å². The Morgan fingerprint density at radius 1 is 0.852 bits per heavy atom. The van der Waals surface area contributed by atoms with Crippen molar-refractivity contribution >= 4 is 18.7 Å². The monoisotopic (exact) mass is 384 g/mol. The molecule has 4 rings (SSSR count). The van der Waals surface area contributed by atoms with E-state index in [9.17, 15) is 5.11 Å². The van der Waals surface area contributed by atoms with Gasteiger partial charge in [-0.1, -0.05) is 81.4 Å². The normalized spacial score (nSPS) is 28.3. The zero-order valence-electron chi connectivity index (χ0n) is 16.2. The van der Waals surface area contributed by atoms with Crippen LogP contribution in [0.5, 0.6) is 0 Å². The van der Waals surface area contributed by atoms with E-state index in [1.165, 1.54) is 10.4 Å². The topological polar surface area (TPSA) is 47.9 Å². The van der Waals surface area contributed by atoms with Crippen LogP contribution in [0.2, 0.25) is 5.04 Å². The molecular weight excluding hydrogens is 356 g/mol. The van der Waals surface area contributed by atoms with E-state index >= 15 is 0 Å². The Bertz CT molecular complexity index is 719. The molecule has 144 valence electrons. The van der Waals surface area contributed by atoms with Crippen LogP contribution in [-0.4, -0.2) is 51.1 Å². The number of aliphatic hydroxyl groups is 1. The lowest BCUT2D eigenvalue weighted by Crippen LogP contribution is -2.68. The number of ether oxygens (including phenoxy) is 2. The number of hydrogen-bond acceptors (Lipinski definition) is 4. The zero-order chi connectivity index (χ0) is 19.1. The molecule has 4 nitrogen and oxygen atoms in total. The lowest BCUT2D eigenvalue weighted by atomic mass is 10.1. The Labute approximate surface area is 162 Å². The standard InChI is InChI=1S/C22H28O4Si/c1-22(2,3)27(16-10-6-4-7-11-16,17-12-8-5-9-13-17)26-19-15-25-20-18(23)14-24-21(19)20/h4-13,18-21,23H,14-15H2,1-3H3/t18-,19+,20-,21-/m1/s1. The Kier molecular flexibility index (Phi) is 4.99. The molecule has 2 aromatic carbocycles. The highest BCUT2D eigenvalue weighted by Gasteiger charge is 2.56. The van der Waals surface area contributed by atoms with Gasteiger partial charge < -0.3 is 19.0 Å². The highest BCUT2D eigenvalue weighted by molar-refractivity contribution is 6.99. The molecule has 27 heavy (non-hydrogen) atoms. The second-order valence-electron chi connectivity index (χ2n) is 8.48. The van der Waals surface area contributed by atoms with Gasteiger partial charge in [0.05, 0.1) is 19.3 Å². The Hall–Kier alpha value is -1.50. The molecule has 0 aromatic heterocycles. The first-order valence-corrected chi connectivity index (χ1v) is 11.5. The maximum atomic E-state index is 10.1. The van der Waals surface area contributed by atoms with Gasteiger partial charge in [0.1, 0.15) is 18.3 Å². The van der Waals surface area contributed by atoms with Crippen molar-refractivity contribution < 1.29 is 19.0 Å². The zero-order valence-corrected chi connectivity index (χ0v) is 17.2. The molecule has 2 saturated heterocycles. The molecule has 0 bridgehead atoms. The summed E-state index contributed by atoms with van der Waals surface area (Å²) in [5, 5.41) is 12.5. The van der Waals surface area contributed by atoms with Crippen LogP contribution in [-0.2, 0) is 13.9 Å². The Balaban J connectivity index is 1.81. The third kappa shape index (κ3) is 3.17. The van der Waals surface area contributed by atoms with Gasteiger partial charge in [-0.25, -0.2) is 0 Å². The van der Waals surface area contributed by atoms with Gasteiger partial charge in [0.2, 0.25) is 0 Å². The first-order valence-electron chi connectivity index (χ1n) is 9.63. The van der Waals surface area contributed by atoms with Crippen LogP contribution in [0.1, 0.15) is 20.8 Å². The van der Waals surface area contributed by atoms with Crippen LogP contribution in [0.25, 0.3) is 0 Å². The van der Waals surface area contributed by atoms with Crippen molar-refractivity contribution in [2.45, 2.75) is 50.2 Å². The largest absolute Gasteiger partial charge is 0.399 e. The van der Waals surface area contributed by atoms with Gasteiger partial charge in [-0.05, 0) is 15.4 Å². The van der Waals surface area contributed by atoms with Crippen molar-refractivity contribution in [3.63, 3.8) is 0 Å². The van der Waals surface area contributed by atoms with Crippen molar-refractivity contribution in [2.24, 2.45) is 0 Å². The number of fused-ring (bicyclic) bond motifs is 1. The van der Waals surface area contributed by atoms with Crippen LogP contribution < -0.4 is 10.4 Å². The lowest BCUT2D eigenvalue weighted by molar-refractivity contribution is 0.00654. The summed E-state index contributed by atoms with van der Waals surface area (Å²) in [5.74, 6) is 0. The predicted octanol–water partition coefficient (Wildman–Crippen LogP) is 2.09.